The van der Waals surface area contributed by atoms with Gasteiger partial charge in [0.25, 0.3) is 0 Å². The molecule has 0 amide bonds. The van der Waals surface area contributed by atoms with Gasteiger partial charge in [-0.15, -0.1) is 25.7 Å². The maximum atomic E-state index is 7.61. The predicted molar refractivity (Wildman–Crippen MR) is 109 cm³/mol. The molecule has 0 aromatic heterocycles. The van der Waals surface area contributed by atoms with Gasteiger partial charge in [0.05, 0.1) is 0 Å². The molecular formula is C18H40Cr2N2O8-2. The van der Waals surface area contributed by atoms with Gasteiger partial charge < -0.3 is 51.5 Å². The van der Waals surface area contributed by atoms with Crippen molar-refractivity contribution in [3.8, 4) is 0 Å². The van der Waals surface area contributed by atoms with E-state index in [1.54, 1.807) is 6.20 Å². The summed E-state index contributed by atoms with van der Waals surface area (Å²) >= 11 is 0. The zero-order chi connectivity index (χ0) is 22.8. The molecule has 184 valence electrons. The third-order valence-electron chi connectivity index (χ3n) is 1.78. The zero-order valence-electron chi connectivity index (χ0n) is 18.2. The van der Waals surface area contributed by atoms with Crippen molar-refractivity contribution >= 4 is 0 Å². The Bertz CT molecular complexity index is 260. The third kappa shape index (κ3) is 142. The second-order valence-electron chi connectivity index (χ2n) is 5.39. The Morgan fingerprint density at radius 3 is 1.00 bits per heavy atom. The molecule has 1 saturated heterocycles. The van der Waals surface area contributed by atoms with Crippen LogP contribution in [-0.4, -0.2) is 85.6 Å². The van der Waals surface area contributed by atoms with E-state index in [0.29, 0.717) is 0 Å². The number of piperidine rings is 1. The summed E-state index contributed by atoms with van der Waals surface area (Å²) in [6.07, 6.45) is 7.14. The molecule has 0 aliphatic carbocycles. The van der Waals surface area contributed by atoms with Crippen molar-refractivity contribution < 1.29 is 75.6 Å². The normalized spacial score (nSPS) is 13.1. The maximum Gasteiger partial charge on any atom is 0.148 e. The van der Waals surface area contributed by atoms with Crippen LogP contribution in [0.2, 0.25) is 0 Å². The van der Waals surface area contributed by atoms with Crippen LogP contribution in [0.25, 0.3) is 10.6 Å². The van der Waals surface area contributed by atoms with E-state index in [1.165, 1.54) is 47.0 Å². The molecule has 30 heavy (non-hydrogen) atoms. The van der Waals surface area contributed by atoms with E-state index in [4.69, 9.17) is 40.9 Å². The first-order valence-corrected chi connectivity index (χ1v) is 8.99. The summed E-state index contributed by atoms with van der Waals surface area (Å²) in [5.41, 5.74) is 0. The fourth-order valence-electron chi connectivity index (χ4n) is 1.11. The minimum absolute atomic E-state index is 0. The van der Waals surface area contributed by atoms with Gasteiger partial charge in [0.15, 0.2) is 0 Å². The average molecular weight is 517 g/mol. The van der Waals surface area contributed by atoms with Crippen LogP contribution >= 0.6 is 0 Å². The molecule has 0 radical (unpaired) electrons. The van der Waals surface area contributed by atoms with Crippen molar-refractivity contribution in [2.24, 2.45) is 0 Å². The molecule has 0 spiro atoms. The van der Waals surface area contributed by atoms with Crippen LogP contribution in [0.5, 0.6) is 0 Å². The Labute approximate surface area is 202 Å². The first-order chi connectivity index (χ1) is 12.9. The van der Waals surface area contributed by atoms with E-state index in [9.17, 15) is 0 Å². The number of aliphatic hydroxyl groups excluding tert-OH is 4. The summed E-state index contributed by atoms with van der Waals surface area (Å²) in [6.45, 7) is 8.22. The average Bonchev–Trinajstić information content (AvgIpc) is 2.56. The number of hydrogen-bond acceptors (Lipinski definition) is 8. The van der Waals surface area contributed by atoms with Gasteiger partial charge in [-0.3, -0.25) is 0 Å². The van der Waals surface area contributed by atoms with Gasteiger partial charge in [0.2, 0.25) is 0 Å². The molecule has 2 aliphatic rings. The Balaban J connectivity index is -0.0000000577. The first kappa shape index (κ1) is 43.8. The van der Waals surface area contributed by atoms with Gasteiger partial charge in [-0.25, -0.2) is 0 Å². The Kier molecular flexibility index (Phi) is 57.6. The Hall–Kier alpha value is -0.0151. The van der Waals surface area contributed by atoms with E-state index in [-0.39, 0.29) is 34.7 Å². The van der Waals surface area contributed by atoms with Crippen LogP contribution in [-0.2, 0) is 34.7 Å². The predicted octanol–water partition coefficient (Wildman–Crippen LogP) is 0.251. The van der Waals surface area contributed by atoms with Crippen LogP contribution < -0.4 is 0 Å². The standard InChI is InChI=1S/C5H10N.C5H6N.4C2H6O2.2Cr/c2*1-2-4-6-5-3-1;4*1-2(3)4;;/h1-5H2;1-4H,5H2;4*2-4H,1H3;;/q2*-1;;;;;;. The number of nitrogens with zero attached hydrogens (tertiary/aromatic N) is 2. The van der Waals surface area contributed by atoms with Crippen molar-refractivity contribution in [1.29, 1.82) is 0 Å². The summed E-state index contributed by atoms with van der Waals surface area (Å²) < 4.78 is 0. The van der Waals surface area contributed by atoms with Crippen LogP contribution in [0.15, 0.2) is 24.4 Å². The van der Waals surface area contributed by atoms with Gasteiger partial charge in [-0.1, -0.05) is 31.4 Å². The van der Waals surface area contributed by atoms with E-state index < -0.39 is 25.2 Å². The summed E-state index contributed by atoms with van der Waals surface area (Å²) in [4.78, 5) is 0. The SMILES string of the molecule is C1=CC[N-]C=C1.C1CC[N-]CC1.CC(O)O.CC(O)O.CC(O)O.CC(O)O.[Cr].[Cr]. The van der Waals surface area contributed by atoms with Crippen LogP contribution in [0, 0.1) is 0 Å². The molecule has 2 aliphatic heterocycles. The molecule has 2 heterocycles. The molecule has 10 nitrogen and oxygen atoms in total. The van der Waals surface area contributed by atoms with Crippen molar-refractivity contribution in [1.82, 2.24) is 0 Å². The third-order valence-corrected chi connectivity index (χ3v) is 1.78. The molecule has 0 aromatic rings. The second kappa shape index (κ2) is 39.5. The van der Waals surface area contributed by atoms with Crippen molar-refractivity contribution in [3.63, 3.8) is 0 Å². The smallest absolute Gasteiger partial charge is 0.148 e. The van der Waals surface area contributed by atoms with Gasteiger partial charge in [-0.2, -0.15) is 6.20 Å². The molecule has 0 saturated carbocycles. The van der Waals surface area contributed by atoms with Crippen LogP contribution in [0.4, 0.5) is 0 Å². The number of rotatable bonds is 0. The summed E-state index contributed by atoms with van der Waals surface area (Å²) in [5.74, 6) is 0. The number of aliphatic hydroxyl groups is 8. The molecule has 8 N–H and O–H groups in total. The van der Waals surface area contributed by atoms with Crippen LogP contribution in [0.1, 0.15) is 47.0 Å². The Morgan fingerprint density at radius 2 is 0.933 bits per heavy atom. The molecule has 0 aromatic carbocycles. The van der Waals surface area contributed by atoms with Crippen LogP contribution in [0.3, 0.4) is 0 Å². The monoisotopic (exact) mass is 516 g/mol. The van der Waals surface area contributed by atoms with E-state index in [2.05, 4.69) is 10.6 Å². The van der Waals surface area contributed by atoms with Crippen molar-refractivity contribution in [2.75, 3.05) is 19.6 Å². The number of allylic oxidation sites excluding steroid dienone is 2. The molecule has 0 atom stereocenters. The number of hydrogen-bond donors (Lipinski definition) is 8. The molecule has 0 bridgehead atoms. The minimum Gasteiger partial charge on any atom is -0.687 e. The summed E-state index contributed by atoms with van der Waals surface area (Å²) in [7, 11) is 0. The largest absolute Gasteiger partial charge is 0.687 e. The summed E-state index contributed by atoms with van der Waals surface area (Å²) in [6, 6.07) is 0. The maximum absolute atomic E-state index is 7.61. The molecule has 0 unspecified atom stereocenters. The van der Waals surface area contributed by atoms with Gasteiger partial charge in [0, 0.05) is 34.7 Å². The van der Waals surface area contributed by atoms with Crippen molar-refractivity contribution in [2.45, 2.75) is 72.1 Å². The molecule has 2 rings (SSSR count). The molecule has 1 fully saturated rings. The quantitative estimate of drug-likeness (QED) is 0.210. The van der Waals surface area contributed by atoms with E-state index >= 15 is 0 Å². The molecular weight excluding hydrogens is 476 g/mol. The van der Waals surface area contributed by atoms with Crippen molar-refractivity contribution in [3.05, 3.63) is 35.1 Å². The van der Waals surface area contributed by atoms with Gasteiger partial charge >= 0.3 is 0 Å². The Morgan fingerprint density at radius 1 is 0.600 bits per heavy atom. The minimum atomic E-state index is -1.17. The van der Waals surface area contributed by atoms with E-state index in [0.717, 1.165) is 19.6 Å². The van der Waals surface area contributed by atoms with Gasteiger partial charge in [0.1, 0.15) is 25.2 Å². The fourth-order valence-corrected chi connectivity index (χ4v) is 1.11. The zero-order valence-corrected chi connectivity index (χ0v) is 20.7. The fraction of sp³-hybridized carbons (Fsp3) is 0.778. The second-order valence-corrected chi connectivity index (χ2v) is 5.39. The molecule has 12 heteroatoms. The first-order valence-electron chi connectivity index (χ1n) is 8.99. The summed E-state index contributed by atoms with van der Waals surface area (Å²) in [5, 5.41) is 69.0. The van der Waals surface area contributed by atoms with E-state index in [1.807, 2.05) is 18.2 Å². The topological polar surface area (TPSA) is 190 Å². The van der Waals surface area contributed by atoms with Gasteiger partial charge in [-0.05, 0) is 27.7 Å².